The van der Waals surface area contributed by atoms with E-state index < -0.39 is 0 Å². The summed E-state index contributed by atoms with van der Waals surface area (Å²) in [5.41, 5.74) is 3.08. The van der Waals surface area contributed by atoms with Crippen LogP contribution in [0.1, 0.15) is 45.4 Å². The zero-order valence-corrected chi connectivity index (χ0v) is 12.9. The number of ether oxygens (including phenoxy) is 3. The Hall–Kier alpha value is -0.200. The number of nitrogens with two attached hydrogens (primary N) is 1. The van der Waals surface area contributed by atoms with E-state index in [2.05, 4.69) is 12.3 Å². The van der Waals surface area contributed by atoms with Crippen LogP contribution in [-0.2, 0) is 14.2 Å². The predicted octanol–water partition coefficient (Wildman–Crippen LogP) is 1.61. The highest BCUT2D eigenvalue weighted by atomic mass is 16.5. The molecule has 0 amide bonds. The molecule has 3 unspecified atom stereocenters. The van der Waals surface area contributed by atoms with Gasteiger partial charge in [-0.05, 0) is 51.4 Å². The minimum atomic E-state index is 0.0448. The van der Waals surface area contributed by atoms with Crippen molar-refractivity contribution in [3.05, 3.63) is 0 Å². The molecule has 5 heteroatoms. The molecule has 0 aromatic carbocycles. The van der Waals surface area contributed by atoms with Gasteiger partial charge < -0.3 is 14.2 Å². The van der Waals surface area contributed by atoms with Crippen molar-refractivity contribution in [3.8, 4) is 0 Å². The van der Waals surface area contributed by atoms with Crippen LogP contribution in [0.25, 0.3) is 0 Å². The average Bonchev–Trinajstić information content (AvgIpc) is 2.48. The molecule has 3 atom stereocenters. The van der Waals surface area contributed by atoms with Crippen LogP contribution < -0.4 is 11.3 Å². The molecule has 20 heavy (non-hydrogen) atoms. The van der Waals surface area contributed by atoms with Gasteiger partial charge in [0.2, 0.25) is 0 Å². The molecular formula is C15H30N2O3. The first-order valence-electron chi connectivity index (χ1n) is 7.90. The standard InChI is InChI=1S/C15H30N2O3/c1-12(18-2)3-4-14(17-16)13-5-8-20-15(11-13)6-9-19-10-7-15/h12-14,17H,3-11,16H2,1-2H3. The molecule has 3 N–H and O–H groups in total. The molecule has 5 nitrogen and oxygen atoms in total. The molecule has 1 spiro atoms. The Morgan fingerprint density at radius 1 is 1.30 bits per heavy atom. The third kappa shape index (κ3) is 4.15. The highest BCUT2D eigenvalue weighted by Gasteiger charge is 2.41. The normalized spacial score (nSPS) is 29.2. The Morgan fingerprint density at radius 3 is 2.70 bits per heavy atom. The minimum Gasteiger partial charge on any atom is -0.382 e. The lowest BCUT2D eigenvalue weighted by molar-refractivity contribution is -0.150. The van der Waals surface area contributed by atoms with Gasteiger partial charge in [-0.15, -0.1) is 0 Å². The molecule has 0 aliphatic carbocycles. The highest BCUT2D eigenvalue weighted by molar-refractivity contribution is 4.92. The lowest BCUT2D eigenvalue weighted by atomic mass is 9.77. The second-order valence-corrected chi connectivity index (χ2v) is 6.29. The lowest BCUT2D eigenvalue weighted by Gasteiger charge is -2.45. The van der Waals surface area contributed by atoms with Gasteiger partial charge in [0.1, 0.15) is 0 Å². The summed E-state index contributed by atoms with van der Waals surface area (Å²) in [6.07, 6.45) is 6.64. The topological polar surface area (TPSA) is 65.7 Å². The fourth-order valence-electron chi connectivity index (χ4n) is 3.49. The highest BCUT2D eigenvalue weighted by Crippen LogP contribution is 2.38. The zero-order valence-electron chi connectivity index (χ0n) is 12.9. The van der Waals surface area contributed by atoms with Crippen LogP contribution in [0.4, 0.5) is 0 Å². The molecule has 2 aliphatic rings. The Morgan fingerprint density at radius 2 is 2.05 bits per heavy atom. The summed E-state index contributed by atoms with van der Waals surface area (Å²) in [5.74, 6) is 6.39. The molecule has 0 saturated carbocycles. The second-order valence-electron chi connectivity index (χ2n) is 6.29. The van der Waals surface area contributed by atoms with Gasteiger partial charge >= 0.3 is 0 Å². The van der Waals surface area contributed by atoms with Crippen molar-refractivity contribution in [3.63, 3.8) is 0 Å². The van der Waals surface area contributed by atoms with Crippen LogP contribution >= 0.6 is 0 Å². The van der Waals surface area contributed by atoms with Gasteiger partial charge in [-0.1, -0.05) is 0 Å². The molecule has 2 saturated heterocycles. The van der Waals surface area contributed by atoms with E-state index in [1.165, 1.54) is 0 Å². The fourth-order valence-corrected chi connectivity index (χ4v) is 3.49. The number of nitrogens with one attached hydrogen (secondary N) is 1. The fraction of sp³-hybridized carbons (Fsp3) is 1.00. The molecule has 2 heterocycles. The summed E-state index contributed by atoms with van der Waals surface area (Å²) in [7, 11) is 1.76. The van der Waals surface area contributed by atoms with Crippen molar-refractivity contribution >= 4 is 0 Å². The van der Waals surface area contributed by atoms with E-state index in [4.69, 9.17) is 20.1 Å². The summed E-state index contributed by atoms with van der Waals surface area (Å²) in [5, 5.41) is 0. The molecule has 118 valence electrons. The van der Waals surface area contributed by atoms with E-state index in [0.717, 1.165) is 58.3 Å². The Balaban J connectivity index is 1.88. The van der Waals surface area contributed by atoms with Gasteiger partial charge in [-0.2, -0.15) is 0 Å². The first-order chi connectivity index (χ1) is 9.69. The minimum absolute atomic E-state index is 0.0448. The molecular weight excluding hydrogens is 256 g/mol. The van der Waals surface area contributed by atoms with Crippen LogP contribution in [0.2, 0.25) is 0 Å². The second kappa shape index (κ2) is 7.71. The van der Waals surface area contributed by atoms with E-state index in [0.29, 0.717) is 18.1 Å². The molecule has 0 aromatic heterocycles. The maximum absolute atomic E-state index is 6.10. The number of hydrogen-bond acceptors (Lipinski definition) is 5. The van der Waals surface area contributed by atoms with Gasteiger partial charge in [0.05, 0.1) is 11.7 Å². The molecule has 2 fully saturated rings. The summed E-state index contributed by atoms with van der Waals surface area (Å²) in [4.78, 5) is 0. The molecule has 0 bridgehead atoms. The first kappa shape index (κ1) is 16.2. The summed E-state index contributed by atoms with van der Waals surface area (Å²) >= 11 is 0. The maximum atomic E-state index is 6.10. The first-order valence-corrected chi connectivity index (χ1v) is 7.90. The molecule has 2 aliphatic heterocycles. The Kier molecular flexibility index (Phi) is 6.23. The SMILES string of the molecule is COC(C)CCC(NN)C1CCOC2(CCOCC2)C1. The van der Waals surface area contributed by atoms with E-state index in [1.54, 1.807) is 7.11 Å². The number of hydrazine groups is 1. The number of hydrogen-bond donors (Lipinski definition) is 2. The third-order valence-corrected chi connectivity index (χ3v) is 5.00. The van der Waals surface area contributed by atoms with E-state index in [-0.39, 0.29) is 5.60 Å². The predicted molar refractivity (Wildman–Crippen MR) is 78.3 cm³/mol. The van der Waals surface area contributed by atoms with Gasteiger partial charge in [0.15, 0.2) is 0 Å². The van der Waals surface area contributed by atoms with Crippen LogP contribution in [0.5, 0.6) is 0 Å². The van der Waals surface area contributed by atoms with Crippen molar-refractivity contribution in [1.82, 2.24) is 5.43 Å². The Labute approximate surface area is 122 Å². The lowest BCUT2D eigenvalue weighted by Crippen LogP contribution is -2.50. The van der Waals surface area contributed by atoms with Crippen molar-refractivity contribution in [1.29, 1.82) is 0 Å². The van der Waals surface area contributed by atoms with E-state index in [9.17, 15) is 0 Å². The molecule has 0 aromatic rings. The van der Waals surface area contributed by atoms with Gasteiger partial charge in [0, 0.05) is 33.0 Å². The monoisotopic (exact) mass is 286 g/mol. The zero-order chi connectivity index (χ0) is 14.4. The van der Waals surface area contributed by atoms with E-state index >= 15 is 0 Å². The molecule has 0 radical (unpaired) electrons. The van der Waals surface area contributed by atoms with Crippen LogP contribution in [0.15, 0.2) is 0 Å². The van der Waals surface area contributed by atoms with Crippen LogP contribution in [0.3, 0.4) is 0 Å². The smallest absolute Gasteiger partial charge is 0.0729 e. The largest absolute Gasteiger partial charge is 0.382 e. The van der Waals surface area contributed by atoms with Gasteiger partial charge in [-0.3, -0.25) is 11.3 Å². The molecule has 2 rings (SSSR count). The van der Waals surface area contributed by atoms with Crippen molar-refractivity contribution in [2.45, 2.75) is 63.2 Å². The van der Waals surface area contributed by atoms with Gasteiger partial charge in [0.25, 0.3) is 0 Å². The summed E-state index contributed by atoms with van der Waals surface area (Å²) in [6.45, 7) is 4.61. The average molecular weight is 286 g/mol. The van der Waals surface area contributed by atoms with E-state index in [1.807, 2.05) is 0 Å². The quantitative estimate of drug-likeness (QED) is 0.573. The Bertz CT molecular complexity index is 277. The number of rotatable bonds is 6. The van der Waals surface area contributed by atoms with Crippen LogP contribution in [-0.4, -0.2) is 44.7 Å². The number of methoxy groups -OCH3 is 1. The van der Waals surface area contributed by atoms with Crippen LogP contribution in [0, 0.1) is 5.92 Å². The summed E-state index contributed by atoms with van der Waals surface area (Å²) in [6, 6.07) is 0.358. The third-order valence-electron chi connectivity index (χ3n) is 5.00. The van der Waals surface area contributed by atoms with Crippen molar-refractivity contribution in [2.24, 2.45) is 11.8 Å². The van der Waals surface area contributed by atoms with Crippen molar-refractivity contribution < 1.29 is 14.2 Å². The summed E-state index contributed by atoms with van der Waals surface area (Å²) < 4.78 is 16.9. The maximum Gasteiger partial charge on any atom is 0.0729 e. The van der Waals surface area contributed by atoms with Crippen molar-refractivity contribution in [2.75, 3.05) is 26.9 Å². The van der Waals surface area contributed by atoms with Gasteiger partial charge in [-0.25, -0.2) is 0 Å².